The molecule has 0 aliphatic heterocycles. The molecule has 5 rings (SSSR count). The maximum Gasteiger partial charge on any atom is 0.265 e. The summed E-state index contributed by atoms with van der Waals surface area (Å²) in [6.45, 7) is 16.8. The normalized spacial score (nSPS) is 24.2. The van der Waals surface area contributed by atoms with Gasteiger partial charge in [0.25, 0.3) is 5.88 Å². The molecule has 1 aromatic carbocycles. The van der Waals surface area contributed by atoms with Crippen LogP contribution in [0.25, 0.3) is 0 Å². The predicted molar refractivity (Wildman–Crippen MR) is 180 cm³/mol. The van der Waals surface area contributed by atoms with Crippen LogP contribution in [-0.2, 0) is 10.8 Å². The van der Waals surface area contributed by atoms with E-state index in [-0.39, 0.29) is 46.0 Å². The first-order valence-corrected chi connectivity index (χ1v) is 19.9. The van der Waals surface area contributed by atoms with E-state index in [0.717, 1.165) is 25.7 Å². The molecule has 1 N–H and O–H groups in total. The lowest BCUT2D eigenvalue weighted by Crippen LogP contribution is -2.65. The fourth-order valence-electron chi connectivity index (χ4n) is 7.19. The number of unbranched alkanes of at least 4 members (excludes halogenated alkanes) is 2. The summed E-state index contributed by atoms with van der Waals surface area (Å²) < 4.78 is 40.8. The van der Waals surface area contributed by atoms with Crippen molar-refractivity contribution in [2.75, 3.05) is 27.3 Å². The predicted octanol–water partition coefficient (Wildman–Crippen LogP) is 7.93. The summed E-state index contributed by atoms with van der Waals surface area (Å²) in [5.41, 5.74) is -0.772. The van der Waals surface area contributed by atoms with E-state index in [9.17, 15) is 9.90 Å². The van der Waals surface area contributed by atoms with Gasteiger partial charge >= 0.3 is 0 Å². The molecule has 0 saturated heterocycles. The average Bonchev–Trinajstić information content (AvgIpc) is 3.39. The van der Waals surface area contributed by atoms with E-state index in [2.05, 4.69) is 25.9 Å². The van der Waals surface area contributed by atoms with Gasteiger partial charge in [0.05, 0.1) is 24.8 Å². The van der Waals surface area contributed by atoms with E-state index < -0.39 is 54.9 Å². The van der Waals surface area contributed by atoms with Gasteiger partial charge in [0.1, 0.15) is 22.9 Å². The molecule has 1 heterocycles. The summed E-state index contributed by atoms with van der Waals surface area (Å²) in [5, 5.41) is 16.5. The molecular formula is C36H51FN2O7Si. The van der Waals surface area contributed by atoms with Crippen LogP contribution < -0.4 is 9.47 Å². The van der Waals surface area contributed by atoms with Gasteiger partial charge in [-0.3, -0.25) is 14.5 Å². The molecule has 258 valence electrons. The molecule has 3 aliphatic carbocycles. The van der Waals surface area contributed by atoms with Gasteiger partial charge in [0.15, 0.2) is 25.5 Å². The molecule has 0 bridgehead atoms. The van der Waals surface area contributed by atoms with Crippen LogP contribution in [0.4, 0.5) is 4.39 Å². The van der Waals surface area contributed by atoms with Gasteiger partial charge in [-0.15, -0.1) is 0 Å². The zero-order chi connectivity index (χ0) is 34.6. The largest absolute Gasteiger partial charge is 0.508 e. The molecule has 0 fully saturated rings. The van der Waals surface area contributed by atoms with Crippen LogP contribution >= 0.6 is 0 Å². The number of aromatic nitrogens is 1. The van der Waals surface area contributed by atoms with Crippen molar-refractivity contribution in [3.8, 4) is 11.6 Å². The quantitative estimate of drug-likeness (QED) is 0.188. The number of halogens is 1. The minimum absolute atomic E-state index is 0.0616. The van der Waals surface area contributed by atoms with Crippen molar-refractivity contribution < 1.29 is 37.5 Å². The molecule has 0 saturated carbocycles. The number of aliphatic hydroxyl groups excluding tert-OH is 1. The van der Waals surface area contributed by atoms with Crippen molar-refractivity contribution in [3.63, 3.8) is 0 Å². The van der Waals surface area contributed by atoms with Crippen molar-refractivity contribution in [1.82, 2.24) is 10.1 Å². The number of hydrogen-bond acceptors (Lipinski definition) is 9. The Morgan fingerprint density at radius 1 is 1.11 bits per heavy atom. The minimum Gasteiger partial charge on any atom is -0.508 e. The Hall–Kier alpha value is -3.02. The number of Topliss-reactive ketones (excluding diaryl/α,β-unsaturated/α-hetero) is 2. The topological polar surface area (TPSA) is 111 Å². The second-order valence-corrected chi connectivity index (χ2v) is 19.9. The third-order valence-corrected chi connectivity index (χ3v) is 15.1. The summed E-state index contributed by atoms with van der Waals surface area (Å²) >= 11 is 0. The van der Waals surface area contributed by atoms with Gasteiger partial charge in [0, 0.05) is 17.1 Å². The standard InChI is InChI=1S/C36H51FN2O7Si/c1-11-13-15-43-30-20(3)17-24(37)22-18-21-19-23-28(39(7)8)31-27(34(38-45-31)44-16-14-12-2)33(42)36(23,46-47(9,10)35(4,5)6)32(41)25(21)29(40)26(22)30/h17,21,23,28,41H,11-16,18-19H2,1-10H3/t21-,23-,28-,36-/m0/s1. The van der Waals surface area contributed by atoms with Gasteiger partial charge in [-0.25, -0.2) is 4.39 Å². The van der Waals surface area contributed by atoms with E-state index in [1.54, 1.807) is 6.92 Å². The minimum atomic E-state index is -2.83. The summed E-state index contributed by atoms with van der Waals surface area (Å²) in [6, 6.07) is 0.864. The number of aryl methyl sites for hydroxylation is 1. The summed E-state index contributed by atoms with van der Waals surface area (Å²) in [6.07, 6.45) is 3.75. The zero-order valence-electron chi connectivity index (χ0n) is 29.6. The molecule has 1 aromatic heterocycles. The van der Waals surface area contributed by atoms with Gasteiger partial charge in [-0.2, -0.15) is 0 Å². The lowest BCUT2D eigenvalue weighted by molar-refractivity contribution is -0.0481. The van der Waals surface area contributed by atoms with Crippen LogP contribution in [0.2, 0.25) is 18.1 Å². The van der Waals surface area contributed by atoms with Crippen molar-refractivity contribution in [1.29, 1.82) is 0 Å². The molecule has 3 aliphatic rings. The SMILES string of the molecule is CCCCOc1noc2c1C(=O)[C@@]1(O[Si](C)(C)C(C)(C)C)C(O)=C3C(=O)c4c(c(F)cc(C)c4OCCCC)C[C@H]3C[C@H]1[C@@H]2N(C)C. The van der Waals surface area contributed by atoms with E-state index in [4.69, 9.17) is 18.4 Å². The van der Waals surface area contributed by atoms with Crippen molar-refractivity contribution in [2.45, 2.75) is 110 Å². The highest BCUT2D eigenvalue weighted by molar-refractivity contribution is 6.74. The third-order valence-electron chi connectivity index (χ3n) is 10.7. The Kier molecular flexibility index (Phi) is 9.60. The number of nitrogens with zero attached hydrogens (tertiary/aromatic N) is 2. The number of carbonyl (C=O) groups is 2. The number of aliphatic hydroxyl groups is 1. The smallest absolute Gasteiger partial charge is 0.265 e. The Balaban J connectivity index is 1.78. The Morgan fingerprint density at radius 2 is 1.74 bits per heavy atom. The summed E-state index contributed by atoms with van der Waals surface area (Å²) in [4.78, 5) is 31.8. The number of allylic oxidation sites excluding steroid dienone is 1. The Bertz CT molecular complexity index is 1590. The molecule has 11 heteroatoms. The number of fused-ring (bicyclic) bond motifs is 4. The van der Waals surface area contributed by atoms with Gasteiger partial charge in [-0.1, -0.05) is 47.5 Å². The fourth-order valence-corrected chi connectivity index (χ4v) is 8.64. The van der Waals surface area contributed by atoms with Gasteiger partial charge < -0.3 is 23.5 Å². The van der Waals surface area contributed by atoms with E-state index in [1.807, 2.05) is 45.9 Å². The van der Waals surface area contributed by atoms with Crippen molar-refractivity contribution >= 4 is 19.9 Å². The molecule has 9 nitrogen and oxygen atoms in total. The monoisotopic (exact) mass is 670 g/mol. The molecular weight excluding hydrogens is 619 g/mol. The molecule has 0 spiro atoms. The Labute approximate surface area is 278 Å². The highest BCUT2D eigenvalue weighted by Crippen LogP contribution is 2.59. The molecule has 47 heavy (non-hydrogen) atoms. The highest BCUT2D eigenvalue weighted by Gasteiger charge is 2.67. The zero-order valence-corrected chi connectivity index (χ0v) is 30.6. The number of ether oxygens (including phenoxy) is 2. The van der Waals surface area contributed by atoms with E-state index in [0.29, 0.717) is 30.3 Å². The average molecular weight is 671 g/mol. The van der Waals surface area contributed by atoms with Crippen LogP contribution in [0.5, 0.6) is 11.6 Å². The summed E-state index contributed by atoms with van der Waals surface area (Å²) in [5.74, 6) is -2.41. The second-order valence-electron chi connectivity index (χ2n) is 15.2. The Morgan fingerprint density at radius 3 is 2.34 bits per heavy atom. The van der Waals surface area contributed by atoms with Crippen LogP contribution in [0, 0.1) is 24.6 Å². The third kappa shape index (κ3) is 5.65. The molecule has 0 unspecified atom stereocenters. The number of carbonyl (C=O) groups excluding carboxylic acids is 2. The number of hydrogen-bond donors (Lipinski definition) is 1. The van der Waals surface area contributed by atoms with Crippen LogP contribution in [0.1, 0.15) is 110 Å². The lowest BCUT2D eigenvalue weighted by Gasteiger charge is -2.55. The molecule has 0 radical (unpaired) electrons. The van der Waals surface area contributed by atoms with Gasteiger partial charge in [-0.05, 0) is 87.5 Å². The maximum absolute atomic E-state index is 15.7. The number of ketones is 2. The highest BCUT2D eigenvalue weighted by atomic mass is 28.4. The van der Waals surface area contributed by atoms with Crippen LogP contribution in [0.15, 0.2) is 21.9 Å². The number of benzene rings is 1. The van der Waals surface area contributed by atoms with Crippen molar-refractivity contribution in [2.24, 2.45) is 11.8 Å². The van der Waals surface area contributed by atoms with E-state index in [1.165, 1.54) is 6.07 Å². The van der Waals surface area contributed by atoms with Crippen molar-refractivity contribution in [3.05, 3.63) is 51.2 Å². The summed E-state index contributed by atoms with van der Waals surface area (Å²) in [7, 11) is 0.923. The lowest BCUT2D eigenvalue weighted by atomic mass is 9.58. The maximum atomic E-state index is 15.7. The van der Waals surface area contributed by atoms with Crippen LogP contribution in [-0.4, -0.2) is 68.0 Å². The molecule has 2 aromatic rings. The first kappa shape index (κ1) is 35.3. The number of rotatable bonds is 11. The fraction of sp³-hybridized carbons (Fsp3) is 0.639. The van der Waals surface area contributed by atoms with Gasteiger partial charge in [0.2, 0.25) is 5.78 Å². The van der Waals surface area contributed by atoms with E-state index >= 15 is 9.18 Å². The molecule has 0 amide bonds. The first-order chi connectivity index (χ1) is 22.0. The molecule has 4 atom stereocenters. The second kappa shape index (κ2) is 12.8. The van der Waals surface area contributed by atoms with Crippen LogP contribution in [0.3, 0.4) is 0 Å². The first-order valence-electron chi connectivity index (χ1n) is 17.0.